The molecule has 3 aromatic rings. The molecule has 30 heavy (non-hydrogen) atoms. The zero-order valence-electron chi connectivity index (χ0n) is 16.4. The lowest BCUT2D eigenvalue weighted by atomic mass is 10.1. The van der Waals surface area contributed by atoms with Crippen molar-refractivity contribution in [1.82, 2.24) is 24.7 Å². The topological polar surface area (TPSA) is 75.0 Å². The number of benzene rings is 1. The van der Waals surface area contributed by atoms with E-state index in [2.05, 4.69) is 20.1 Å². The Hall–Kier alpha value is -3.27. The van der Waals surface area contributed by atoms with Crippen molar-refractivity contribution in [2.75, 3.05) is 6.61 Å². The molecule has 0 bridgehead atoms. The third kappa shape index (κ3) is 6.11. The molecule has 158 valence electrons. The van der Waals surface area contributed by atoms with E-state index in [1.54, 1.807) is 44.7 Å². The van der Waals surface area contributed by atoms with Gasteiger partial charge in [0.05, 0.1) is 36.8 Å². The Balaban J connectivity index is 1.68. The van der Waals surface area contributed by atoms with Gasteiger partial charge in [-0.1, -0.05) is 0 Å². The molecule has 0 fully saturated rings. The maximum Gasteiger partial charge on any atom is 0.416 e. The van der Waals surface area contributed by atoms with Crippen molar-refractivity contribution >= 4 is 6.20 Å². The minimum absolute atomic E-state index is 0.110. The summed E-state index contributed by atoms with van der Waals surface area (Å²) in [6, 6.07) is 3.46. The van der Waals surface area contributed by atoms with Crippen molar-refractivity contribution in [3.05, 3.63) is 60.5 Å². The first-order valence-corrected chi connectivity index (χ1v) is 9.11. The highest BCUT2D eigenvalue weighted by atomic mass is 19.4. The summed E-state index contributed by atoms with van der Waals surface area (Å²) in [5, 5.41) is 4.20. The minimum atomic E-state index is -4.51. The van der Waals surface area contributed by atoms with Gasteiger partial charge in [-0.15, -0.1) is 5.10 Å². The second kappa shape index (κ2) is 9.49. The third-order valence-corrected chi connectivity index (χ3v) is 3.71. The average Bonchev–Trinajstić information content (AvgIpc) is 3.16. The average molecular weight is 419 g/mol. The van der Waals surface area contributed by atoms with Gasteiger partial charge >= 0.3 is 6.18 Å². The standard InChI is InChI=1S/C20H20F3N5O2/c1-14(2)30-18-9-15(8-16(10-18)20(21,22)23)19-26-13-28(27-19)6-3-7-29-12-17-11-24-4-5-25-17/h3-6,8-11,13-14H,7,12H2,1-2H3. The van der Waals surface area contributed by atoms with Crippen LogP contribution in [0, 0.1) is 0 Å². The van der Waals surface area contributed by atoms with E-state index in [1.807, 2.05) is 0 Å². The smallest absolute Gasteiger partial charge is 0.416 e. The van der Waals surface area contributed by atoms with Gasteiger partial charge in [0.15, 0.2) is 5.82 Å². The van der Waals surface area contributed by atoms with E-state index >= 15 is 0 Å². The molecule has 0 aliphatic rings. The van der Waals surface area contributed by atoms with E-state index in [0.717, 1.165) is 12.1 Å². The molecule has 0 radical (unpaired) electrons. The van der Waals surface area contributed by atoms with Crippen LogP contribution in [0.15, 0.2) is 49.2 Å². The number of hydrogen-bond acceptors (Lipinski definition) is 6. The summed E-state index contributed by atoms with van der Waals surface area (Å²) in [6.45, 7) is 4.08. The molecule has 0 saturated heterocycles. The van der Waals surface area contributed by atoms with Crippen LogP contribution in [0.25, 0.3) is 17.6 Å². The second-order valence-corrected chi connectivity index (χ2v) is 6.56. The Morgan fingerprint density at radius 1 is 1.13 bits per heavy atom. The van der Waals surface area contributed by atoms with Gasteiger partial charge in [0.2, 0.25) is 0 Å². The molecular weight excluding hydrogens is 399 g/mol. The maximum absolute atomic E-state index is 13.2. The Kier molecular flexibility index (Phi) is 6.78. The molecule has 0 unspecified atom stereocenters. The quantitative estimate of drug-likeness (QED) is 0.509. The number of hydrogen-bond donors (Lipinski definition) is 0. The molecule has 0 aliphatic carbocycles. The van der Waals surface area contributed by atoms with Crippen molar-refractivity contribution in [1.29, 1.82) is 0 Å². The van der Waals surface area contributed by atoms with E-state index in [4.69, 9.17) is 9.47 Å². The Bertz CT molecular complexity index is 988. The molecular formula is C20H20F3N5O2. The zero-order valence-corrected chi connectivity index (χ0v) is 16.4. The van der Waals surface area contributed by atoms with E-state index in [1.165, 1.54) is 17.1 Å². The first-order valence-electron chi connectivity index (χ1n) is 9.11. The van der Waals surface area contributed by atoms with E-state index in [-0.39, 0.29) is 23.2 Å². The van der Waals surface area contributed by atoms with Crippen LogP contribution in [0.5, 0.6) is 5.75 Å². The summed E-state index contributed by atoms with van der Waals surface area (Å²) < 4.78 is 52.0. The van der Waals surface area contributed by atoms with Gasteiger partial charge in [0.25, 0.3) is 0 Å². The fourth-order valence-electron chi connectivity index (χ4n) is 2.50. The van der Waals surface area contributed by atoms with Crippen molar-refractivity contribution in [3.63, 3.8) is 0 Å². The summed E-state index contributed by atoms with van der Waals surface area (Å²) in [4.78, 5) is 12.1. The zero-order chi connectivity index (χ0) is 21.6. The minimum Gasteiger partial charge on any atom is -0.491 e. The molecule has 2 aromatic heterocycles. The fraction of sp³-hybridized carbons (Fsp3) is 0.300. The molecule has 1 aromatic carbocycles. The monoisotopic (exact) mass is 419 g/mol. The van der Waals surface area contributed by atoms with Crippen LogP contribution in [-0.2, 0) is 17.5 Å². The second-order valence-electron chi connectivity index (χ2n) is 6.56. The highest BCUT2D eigenvalue weighted by molar-refractivity contribution is 5.59. The molecule has 3 rings (SSSR count). The lowest BCUT2D eigenvalue weighted by Gasteiger charge is -2.14. The summed E-state index contributed by atoms with van der Waals surface area (Å²) in [5.74, 6) is 0.263. The van der Waals surface area contributed by atoms with Crippen LogP contribution in [0.4, 0.5) is 13.2 Å². The largest absolute Gasteiger partial charge is 0.491 e. The molecule has 0 saturated carbocycles. The number of nitrogens with zero attached hydrogens (tertiary/aromatic N) is 5. The predicted molar refractivity (Wildman–Crippen MR) is 103 cm³/mol. The Labute approximate surface area is 171 Å². The third-order valence-electron chi connectivity index (χ3n) is 3.71. The van der Waals surface area contributed by atoms with Gasteiger partial charge in [0.1, 0.15) is 12.1 Å². The maximum atomic E-state index is 13.2. The van der Waals surface area contributed by atoms with Crippen molar-refractivity contribution in [3.8, 4) is 17.1 Å². The summed E-state index contributed by atoms with van der Waals surface area (Å²) in [6.07, 6.45) is 4.70. The van der Waals surface area contributed by atoms with Gasteiger partial charge in [0, 0.05) is 24.2 Å². The van der Waals surface area contributed by atoms with Gasteiger partial charge in [-0.05, 0) is 38.1 Å². The van der Waals surface area contributed by atoms with Crippen LogP contribution in [-0.4, -0.2) is 37.4 Å². The molecule has 0 aliphatic heterocycles. The normalized spacial score (nSPS) is 12.1. The van der Waals surface area contributed by atoms with Crippen LogP contribution in [0.3, 0.4) is 0 Å². The van der Waals surface area contributed by atoms with Crippen LogP contribution in [0.1, 0.15) is 25.1 Å². The van der Waals surface area contributed by atoms with Crippen LogP contribution < -0.4 is 4.74 Å². The molecule has 10 heteroatoms. The molecule has 0 N–H and O–H groups in total. The van der Waals surface area contributed by atoms with Gasteiger partial charge in [-0.3, -0.25) is 9.97 Å². The Morgan fingerprint density at radius 2 is 1.97 bits per heavy atom. The highest BCUT2D eigenvalue weighted by Gasteiger charge is 2.32. The SMILES string of the molecule is CC(C)Oc1cc(-c2ncn(C=CCOCc3cnccn3)n2)cc(C(F)(F)F)c1. The molecule has 2 heterocycles. The van der Waals surface area contributed by atoms with Gasteiger partial charge in [-0.25, -0.2) is 9.67 Å². The summed E-state index contributed by atoms with van der Waals surface area (Å²) >= 11 is 0. The lowest BCUT2D eigenvalue weighted by molar-refractivity contribution is -0.137. The van der Waals surface area contributed by atoms with Crippen LogP contribution in [0.2, 0.25) is 0 Å². The first kappa shape index (κ1) is 21.4. The van der Waals surface area contributed by atoms with E-state index in [0.29, 0.717) is 18.9 Å². The number of aromatic nitrogens is 5. The predicted octanol–water partition coefficient (Wildman–Crippen LogP) is 4.23. The van der Waals surface area contributed by atoms with Crippen molar-refractivity contribution in [2.45, 2.75) is 32.7 Å². The fourth-order valence-corrected chi connectivity index (χ4v) is 2.50. The molecule has 0 amide bonds. The molecule has 7 nitrogen and oxygen atoms in total. The van der Waals surface area contributed by atoms with Crippen LogP contribution >= 0.6 is 0 Å². The first-order chi connectivity index (χ1) is 14.3. The summed E-state index contributed by atoms with van der Waals surface area (Å²) in [5.41, 5.74) is 0.101. The van der Waals surface area contributed by atoms with E-state index < -0.39 is 11.7 Å². The van der Waals surface area contributed by atoms with Gasteiger partial charge in [-0.2, -0.15) is 13.2 Å². The van der Waals surface area contributed by atoms with E-state index in [9.17, 15) is 13.2 Å². The lowest BCUT2D eigenvalue weighted by Crippen LogP contribution is -2.09. The number of ether oxygens (including phenoxy) is 2. The van der Waals surface area contributed by atoms with Gasteiger partial charge < -0.3 is 9.47 Å². The Morgan fingerprint density at radius 3 is 2.67 bits per heavy atom. The highest BCUT2D eigenvalue weighted by Crippen LogP contribution is 2.35. The van der Waals surface area contributed by atoms with Crippen molar-refractivity contribution in [2.24, 2.45) is 0 Å². The number of rotatable bonds is 8. The number of alkyl halides is 3. The summed E-state index contributed by atoms with van der Waals surface area (Å²) in [7, 11) is 0. The number of halogens is 3. The molecule has 0 spiro atoms. The molecule has 0 atom stereocenters. The van der Waals surface area contributed by atoms with Crippen molar-refractivity contribution < 1.29 is 22.6 Å².